The van der Waals surface area contributed by atoms with Crippen LogP contribution in [0.4, 0.5) is 4.79 Å². The molecule has 0 aliphatic carbocycles. The number of hydrogen-bond donors (Lipinski definition) is 1. The van der Waals surface area contributed by atoms with Crippen LogP contribution in [0.1, 0.15) is 34.6 Å². The van der Waals surface area contributed by atoms with Gasteiger partial charge >= 0.3 is 6.09 Å². The molecule has 77 valence electrons. The number of carbonyl (C=O) groups excluding carboxylic acids is 1. The molecule has 0 unspecified atom stereocenters. The van der Waals surface area contributed by atoms with Gasteiger partial charge in [-0.3, -0.25) is 0 Å². The molecule has 1 N–H and O–H groups in total. The van der Waals surface area contributed by atoms with Crippen molar-refractivity contribution in [1.29, 1.82) is 0 Å². The summed E-state index contributed by atoms with van der Waals surface area (Å²) in [6.07, 6.45) is -0.385. The van der Waals surface area contributed by atoms with Crippen LogP contribution in [0.5, 0.6) is 0 Å². The van der Waals surface area contributed by atoms with Gasteiger partial charge in [-0.1, -0.05) is 13.8 Å². The lowest BCUT2D eigenvalue weighted by molar-refractivity contribution is 0.0513. The van der Waals surface area contributed by atoms with E-state index in [1.165, 1.54) is 0 Å². The molecule has 0 aromatic heterocycles. The summed E-state index contributed by atoms with van der Waals surface area (Å²) in [5.74, 6) is 0. The van der Waals surface area contributed by atoms with Crippen LogP contribution in [0.25, 0.3) is 0 Å². The van der Waals surface area contributed by atoms with Crippen molar-refractivity contribution in [3.05, 3.63) is 6.92 Å². The third kappa shape index (κ3) is 9.18. The Labute approximate surface area is 80.8 Å². The zero-order chi connectivity index (χ0) is 10.7. The van der Waals surface area contributed by atoms with Gasteiger partial charge in [-0.2, -0.15) is 0 Å². The third-order valence-electron chi connectivity index (χ3n) is 1.11. The Morgan fingerprint density at radius 3 is 2.08 bits per heavy atom. The highest BCUT2D eigenvalue weighted by Crippen LogP contribution is 2.11. The monoisotopic (exact) mass is 186 g/mol. The van der Waals surface area contributed by atoms with Gasteiger partial charge in [0.05, 0.1) is 0 Å². The Hall–Kier alpha value is -0.730. The van der Waals surface area contributed by atoms with Crippen molar-refractivity contribution in [2.45, 2.75) is 40.2 Å². The molecule has 0 aromatic carbocycles. The molecule has 3 heteroatoms. The maximum Gasteiger partial charge on any atom is 0.407 e. The molecule has 13 heavy (non-hydrogen) atoms. The van der Waals surface area contributed by atoms with Gasteiger partial charge in [-0.25, -0.2) is 4.79 Å². The fraction of sp³-hybridized carbons (Fsp3) is 0.800. The standard InChI is InChI=1S/C10H20NO2/c1-9(2,3)7-11-8(12)13-10(4,5)6/h1,7H2,2-6H3,(H,11,12). The van der Waals surface area contributed by atoms with Crippen LogP contribution in [-0.4, -0.2) is 18.2 Å². The molecule has 0 rings (SSSR count). The summed E-state index contributed by atoms with van der Waals surface area (Å²) in [6.45, 7) is 13.8. The summed E-state index contributed by atoms with van der Waals surface area (Å²) >= 11 is 0. The molecule has 1 amide bonds. The predicted molar refractivity (Wildman–Crippen MR) is 53.4 cm³/mol. The highest BCUT2D eigenvalue weighted by molar-refractivity contribution is 5.67. The van der Waals surface area contributed by atoms with E-state index in [-0.39, 0.29) is 11.5 Å². The minimum atomic E-state index is -0.435. The normalized spacial score (nSPS) is 12.5. The lowest BCUT2D eigenvalue weighted by atomic mass is 9.97. The fourth-order valence-electron chi connectivity index (χ4n) is 0.626. The second-order valence-electron chi connectivity index (χ2n) is 5.02. The summed E-state index contributed by atoms with van der Waals surface area (Å²) in [5.41, 5.74) is -0.591. The van der Waals surface area contributed by atoms with Crippen molar-refractivity contribution in [2.75, 3.05) is 6.54 Å². The average Bonchev–Trinajstić information content (AvgIpc) is 1.78. The molecule has 1 radical (unpaired) electrons. The van der Waals surface area contributed by atoms with Crippen LogP contribution in [-0.2, 0) is 4.74 Å². The molecule has 0 bridgehead atoms. The maximum absolute atomic E-state index is 11.1. The van der Waals surface area contributed by atoms with E-state index in [9.17, 15) is 4.79 Å². The van der Waals surface area contributed by atoms with Gasteiger partial charge in [-0.15, -0.1) is 0 Å². The third-order valence-corrected chi connectivity index (χ3v) is 1.11. The van der Waals surface area contributed by atoms with Gasteiger partial charge in [0.25, 0.3) is 0 Å². The quantitative estimate of drug-likeness (QED) is 0.719. The van der Waals surface area contributed by atoms with Gasteiger partial charge in [0.2, 0.25) is 0 Å². The molecular weight excluding hydrogens is 166 g/mol. The Morgan fingerprint density at radius 2 is 1.77 bits per heavy atom. The first-order valence-corrected chi connectivity index (χ1v) is 4.42. The van der Waals surface area contributed by atoms with E-state index in [0.29, 0.717) is 6.54 Å². The number of nitrogens with one attached hydrogen (secondary N) is 1. The summed E-state index contributed by atoms with van der Waals surface area (Å²) < 4.78 is 5.06. The maximum atomic E-state index is 11.1. The highest BCUT2D eigenvalue weighted by atomic mass is 16.6. The van der Waals surface area contributed by atoms with Crippen molar-refractivity contribution >= 4 is 6.09 Å². The van der Waals surface area contributed by atoms with Crippen molar-refractivity contribution in [3.8, 4) is 0 Å². The molecule has 0 aliphatic rings. The molecule has 0 fully saturated rings. The number of carbonyl (C=O) groups is 1. The van der Waals surface area contributed by atoms with Gasteiger partial charge in [0.1, 0.15) is 5.60 Å². The number of rotatable bonds is 2. The van der Waals surface area contributed by atoms with Gasteiger partial charge in [0.15, 0.2) is 0 Å². The van der Waals surface area contributed by atoms with E-state index in [0.717, 1.165) is 0 Å². The van der Waals surface area contributed by atoms with Gasteiger partial charge < -0.3 is 10.1 Å². The van der Waals surface area contributed by atoms with Crippen molar-refractivity contribution < 1.29 is 9.53 Å². The summed E-state index contributed by atoms with van der Waals surface area (Å²) in [4.78, 5) is 11.1. The lowest BCUT2D eigenvalue weighted by Gasteiger charge is -2.23. The minimum absolute atomic E-state index is 0.156. The van der Waals surface area contributed by atoms with E-state index in [1.54, 1.807) is 0 Å². The van der Waals surface area contributed by atoms with Crippen LogP contribution in [0.15, 0.2) is 0 Å². The molecule has 0 aliphatic heterocycles. The number of alkyl carbamates (subject to hydrolysis) is 1. The second-order valence-corrected chi connectivity index (χ2v) is 5.02. The van der Waals surface area contributed by atoms with E-state index in [4.69, 9.17) is 4.74 Å². The molecule has 0 saturated heterocycles. The smallest absolute Gasteiger partial charge is 0.407 e. The minimum Gasteiger partial charge on any atom is -0.444 e. The van der Waals surface area contributed by atoms with E-state index < -0.39 is 5.60 Å². The summed E-state index contributed by atoms with van der Waals surface area (Å²) in [7, 11) is 0. The topological polar surface area (TPSA) is 38.3 Å². The Balaban J connectivity index is 3.78. The lowest BCUT2D eigenvalue weighted by Crippen LogP contribution is -2.37. The zero-order valence-corrected chi connectivity index (χ0v) is 9.23. The van der Waals surface area contributed by atoms with Gasteiger partial charge in [0, 0.05) is 6.54 Å². The number of amides is 1. The molecule has 0 aromatic rings. The molecule has 0 saturated carbocycles. The van der Waals surface area contributed by atoms with Crippen LogP contribution < -0.4 is 5.32 Å². The summed E-state index contributed by atoms with van der Waals surface area (Å²) in [5, 5.41) is 2.66. The SMILES string of the molecule is [CH2]C(C)(C)CNC(=O)OC(C)(C)C. The number of ether oxygens (including phenoxy) is 1. The van der Waals surface area contributed by atoms with E-state index in [2.05, 4.69) is 12.2 Å². The van der Waals surface area contributed by atoms with Crippen LogP contribution in [0, 0.1) is 12.3 Å². The van der Waals surface area contributed by atoms with Crippen LogP contribution in [0.2, 0.25) is 0 Å². The first-order valence-electron chi connectivity index (χ1n) is 4.42. The first-order chi connectivity index (χ1) is 5.60. The fourth-order valence-corrected chi connectivity index (χ4v) is 0.626. The van der Waals surface area contributed by atoms with E-state index >= 15 is 0 Å². The summed E-state index contributed by atoms with van der Waals surface area (Å²) in [6, 6.07) is 0. The predicted octanol–water partition coefficient (Wildman–Crippen LogP) is 2.37. The Bertz CT molecular complexity index is 174. The Morgan fingerprint density at radius 1 is 1.31 bits per heavy atom. The molecular formula is C10H20NO2. The number of hydrogen-bond acceptors (Lipinski definition) is 2. The molecule has 3 nitrogen and oxygen atoms in total. The van der Waals surface area contributed by atoms with E-state index in [1.807, 2.05) is 34.6 Å². The largest absolute Gasteiger partial charge is 0.444 e. The van der Waals surface area contributed by atoms with Crippen LogP contribution >= 0.6 is 0 Å². The molecule has 0 spiro atoms. The first kappa shape index (κ1) is 12.3. The highest BCUT2D eigenvalue weighted by Gasteiger charge is 2.18. The van der Waals surface area contributed by atoms with Crippen molar-refractivity contribution in [2.24, 2.45) is 5.41 Å². The Kier molecular flexibility index (Phi) is 3.76. The van der Waals surface area contributed by atoms with Crippen LogP contribution in [0.3, 0.4) is 0 Å². The van der Waals surface area contributed by atoms with Crippen molar-refractivity contribution in [3.63, 3.8) is 0 Å². The van der Waals surface area contributed by atoms with Gasteiger partial charge in [-0.05, 0) is 33.1 Å². The molecule has 0 atom stereocenters. The average molecular weight is 186 g/mol. The molecule has 0 heterocycles. The van der Waals surface area contributed by atoms with Crippen molar-refractivity contribution in [1.82, 2.24) is 5.32 Å². The second kappa shape index (κ2) is 3.99. The zero-order valence-electron chi connectivity index (χ0n) is 9.23.